The molecular formula is C35H26I2N2O3S. The van der Waals surface area contributed by atoms with Crippen LogP contribution in [-0.4, -0.2) is 11.7 Å². The average Bonchev–Trinajstić information content (AvgIpc) is 3.34. The zero-order valence-electron chi connectivity index (χ0n) is 23.2. The van der Waals surface area contributed by atoms with E-state index in [1.54, 1.807) is 7.11 Å². The zero-order chi connectivity index (χ0) is 29.5. The number of methoxy groups -OCH3 is 1. The summed E-state index contributed by atoms with van der Waals surface area (Å²) in [6.07, 6.45) is 3.73. The third kappa shape index (κ3) is 5.38. The van der Waals surface area contributed by atoms with E-state index in [1.807, 2.05) is 47.0 Å². The van der Waals surface area contributed by atoms with Gasteiger partial charge in [0, 0.05) is 11.1 Å². The summed E-state index contributed by atoms with van der Waals surface area (Å²) in [5.41, 5.74) is 7.59. The van der Waals surface area contributed by atoms with Gasteiger partial charge in [0.2, 0.25) is 0 Å². The minimum atomic E-state index is -0.285. The number of fused-ring (bicyclic) bond motifs is 3. The number of thiazole rings is 1. The quantitative estimate of drug-likeness (QED) is 0.172. The van der Waals surface area contributed by atoms with Gasteiger partial charge in [-0.2, -0.15) is 0 Å². The minimum absolute atomic E-state index is 0.0421. The largest absolute Gasteiger partial charge is 0.496 e. The summed E-state index contributed by atoms with van der Waals surface area (Å²) < 4.78 is 16.5. The number of rotatable bonds is 6. The standard InChI is InChI=1S/C35H26I2N2O3S/c1-41-29-14-8-7-13-25(29)32-26-16-15-23-11-5-6-12-24(23)31(26)38-35-39(32)34(40)30(43-35)19-22-17-27(36)33(28(37)18-22)42-20-21-9-3-2-4-10-21/h2-14,17-19,32H,15-16,20H2,1H3/b30-19-/t32-/m1/s1. The number of benzene rings is 4. The Morgan fingerprint density at radius 3 is 2.47 bits per heavy atom. The van der Waals surface area contributed by atoms with Gasteiger partial charge in [0.1, 0.15) is 18.1 Å². The first-order chi connectivity index (χ1) is 21.0. The smallest absolute Gasteiger partial charge is 0.271 e. The molecule has 0 bridgehead atoms. The molecule has 5 nitrogen and oxygen atoms in total. The molecule has 5 aromatic rings. The lowest BCUT2D eigenvalue weighted by Crippen LogP contribution is -2.39. The van der Waals surface area contributed by atoms with Crippen LogP contribution in [-0.2, 0) is 13.0 Å². The maximum atomic E-state index is 14.2. The molecule has 2 heterocycles. The molecule has 0 fully saturated rings. The molecule has 1 atom stereocenters. The maximum absolute atomic E-state index is 14.2. The Kier molecular flexibility index (Phi) is 8.00. The molecule has 214 valence electrons. The average molecular weight is 808 g/mol. The predicted molar refractivity (Wildman–Crippen MR) is 188 cm³/mol. The van der Waals surface area contributed by atoms with Crippen LogP contribution in [0.1, 0.15) is 40.3 Å². The first-order valence-electron chi connectivity index (χ1n) is 13.9. The van der Waals surface area contributed by atoms with Crippen molar-refractivity contribution in [2.45, 2.75) is 25.5 Å². The fourth-order valence-corrected chi connectivity index (χ4v) is 9.00. The van der Waals surface area contributed by atoms with Crippen molar-refractivity contribution < 1.29 is 9.47 Å². The fourth-order valence-electron chi connectivity index (χ4n) is 5.87. The van der Waals surface area contributed by atoms with E-state index in [4.69, 9.17) is 14.5 Å². The molecule has 1 aromatic heterocycles. The number of aromatic nitrogens is 1. The molecule has 0 spiro atoms. The van der Waals surface area contributed by atoms with E-state index >= 15 is 0 Å². The van der Waals surface area contributed by atoms with Gasteiger partial charge in [0.25, 0.3) is 5.56 Å². The van der Waals surface area contributed by atoms with Gasteiger partial charge in [0.15, 0.2) is 4.80 Å². The Balaban J connectivity index is 1.35. The van der Waals surface area contributed by atoms with Crippen molar-refractivity contribution in [2.75, 3.05) is 7.11 Å². The van der Waals surface area contributed by atoms with Crippen LogP contribution in [0.2, 0.25) is 0 Å². The number of hydrogen-bond donors (Lipinski definition) is 0. The fraction of sp³-hybridized carbons (Fsp3) is 0.143. The van der Waals surface area contributed by atoms with Crippen molar-refractivity contribution in [3.8, 4) is 11.5 Å². The normalized spacial score (nSPS) is 15.8. The van der Waals surface area contributed by atoms with Crippen molar-refractivity contribution in [1.29, 1.82) is 0 Å². The third-order valence-corrected chi connectivity index (χ3v) is 10.4. The van der Waals surface area contributed by atoms with Gasteiger partial charge in [-0.15, -0.1) is 0 Å². The molecule has 0 saturated heterocycles. The van der Waals surface area contributed by atoms with Crippen LogP contribution in [0.4, 0.5) is 0 Å². The first-order valence-corrected chi connectivity index (χ1v) is 16.9. The predicted octanol–water partition coefficient (Wildman–Crippen LogP) is 7.12. The number of nitrogens with zero attached hydrogens (tertiary/aromatic N) is 2. The summed E-state index contributed by atoms with van der Waals surface area (Å²) in [5.74, 6) is 1.62. The maximum Gasteiger partial charge on any atom is 0.271 e. The first kappa shape index (κ1) is 28.5. The summed E-state index contributed by atoms with van der Waals surface area (Å²) in [4.78, 5) is 20.1. The molecule has 43 heavy (non-hydrogen) atoms. The van der Waals surface area contributed by atoms with Gasteiger partial charge in [-0.05, 0) is 105 Å². The van der Waals surface area contributed by atoms with Crippen molar-refractivity contribution >= 4 is 68.3 Å². The summed E-state index contributed by atoms with van der Waals surface area (Å²) >= 11 is 6.07. The van der Waals surface area contributed by atoms with E-state index in [9.17, 15) is 4.79 Å². The van der Waals surface area contributed by atoms with Crippen molar-refractivity contribution in [3.05, 3.63) is 151 Å². The van der Waals surface area contributed by atoms with E-state index in [-0.39, 0.29) is 11.6 Å². The van der Waals surface area contributed by atoms with Crippen LogP contribution in [0.15, 0.2) is 106 Å². The van der Waals surface area contributed by atoms with Gasteiger partial charge in [0.05, 0.1) is 30.5 Å². The lowest BCUT2D eigenvalue weighted by molar-refractivity contribution is 0.301. The number of ether oxygens (including phenoxy) is 2. The van der Waals surface area contributed by atoms with E-state index in [0.717, 1.165) is 65.0 Å². The summed E-state index contributed by atoms with van der Waals surface area (Å²) in [5, 5.41) is 0. The summed E-state index contributed by atoms with van der Waals surface area (Å²) in [6, 6.07) is 30.5. The van der Waals surface area contributed by atoms with Crippen molar-refractivity contribution in [3.63, 3.8) is 0 Å². The number of halogens is 2. The summed E-state index contributed by atoms with van der Waals surface area (Å²) in [7, 11) is 1.68. The lowest BCUT2D eigenvalue weighted by atomic mass is 9.83. The lowest BCUT2D eigenvalue weighted by Gasteiger charge is -2.31. The molecule has 0 amide bonds. The van der Waals surface area contributed by atoms with Crippen LogP contribution in [0, 0.1) is 7.14 Å². The molecule has 0 radical (unpaired) electrons. The van der Waals surface area contributed by atoms with Gasteiger partial charge in [-0.25, -0.2) is 4.99 Å². The van der Waals surface area contributed by atoms with E-state index < -0.39 is 0 Å². The Morgan fingerprint density at radius 1 is 0.953 bits per heavy atom. The highest BCUT2D eigenvalue weighted by molar-refractivity contribution is 14.1. The molecule has 1 aliphatic heterocycles. The molecule has 0 saturated carbocycles. The number of allylic oxidation sites excluding steroid dienone is 1. The van der Waals surface area contributed by atoms with Crippen LogP contribution in [0.3, 0.4) is 0 Å². The van der Waals surface area contributed by atoms with Gasteiger partial charge in [-0.1, -0.05) is 84.1 Å². The molecule has 2 aliphatic rings. The number of hydrogen-bond acceptors (Lipinski definition) is 5. The van der Waals surface area contributed by atoms with Crippen LogP contribution in [0.5, 0.6) is 11.5 Å². The number of para-hydroxylation sites is 1. The van der Waals surface area contributed by atoms with E-state index in [0.29, 0.717) is 15.9 Å². The topological polar surface area (TPSA) is 52.8 Å². The highest BCUT2D eigenvalue weighted by atomic mass is 127. The van der Waals surface area contributed by atoms with Crippen molar-refractivity contribution in [1.82, 2.24) is 4.57 Å². The van der Waals surface area contributed by atoms with Crippen LogP contribution in [0.25, 0.3) is 11.8 Å². The molecule has 0 unspecified atom stereocenters. The molecule has 4 aromatic carbocycles. The second-order valence-electron chi connectivity index (χ2n) is 10.4. The van der Waals surface area contributed by atoms with Gasteiger partial charge < -0.3 is 9.47 Å². The Hall–Kier alpha value is -3.22. The molecule has 0 N–H and O–H groups in total. The van der Waals surface area contributed by atoms with Gasteiger partial charge in [-0.3, -0.25) is 9.36 Å². The third-order valence-electron chi connectivity index (χ3n) is 7.85. The second kappa shape index (κ2) is 12.0. The van der Waals surface area contributed by atoms with E-state index in [2.05, 4.69) is 99.8 Å². The Bertz CT molecular complexity index is 2060. The van der Waals surface area contributed by atoms with Crippen molar-refractivity contribution in [2.24, 2.45) is 4.99 Å². The molecule has 7 rings (SSSR count). The highest BCUT2D eigenvalue weighted by Crippen LogP contribution is 2.43. The number of aryl methyl sites for hydroxylation is 1. The summed E-state index contributed by atoms with van der Waals surface area (Å²) in [6.45, 7) is 0.502. The minimum Gasteiger partial charge on any atom is -0.496 e. The van der Waals surface area contributed by atoms with Crippen LogP contribution >= 0.6 is 56.5 Å². The second-order valence-corrected chi connectivity index (χ2v) is 13.8. The van der Waals surface area contributed by atoms with E-state index in [1.165, 1.54) is 16.9 Å². The van der Waals surface area contributed by atoms with Gasteiger partial charge >= 0.3 is 0 Å². The zero-order valence-corrected chi connectivity index (χ0v) is 28.4. The molecular weight excluding hydrogens is 782 g/mol. The molecule has 8 heteroatoms. The Labute approximate surface area is 280 Å². The van der Waals surface area contributed by atoms with Crippen LogP contribution < -0.4 is 24.4 Å². The molecule has 1 aliphatic carbocycles. The monoisotopic (exact) mass is 808 g/mol. The SMILES string of the molecule is COc1ccccc1[C@@H]1C2=C(N=c3s/c(=C\c4cc(I)c(OCc5ccccc5)c(I)c4)c(=O)n31)c1ccccc1CC2. The Morgan fingerprint density at radius 2 is 1.67 bits per heavy atom. The highest BCUT2D eigenvalue weighted by Gasteiger charge is 2.34.